The molecular formula is C11H12Cl2O2. The van der Waals surface area contributed by atoms with Gasteiger partial charge in [0.05, 0.1) is 22.2 Å². The van der Waals surface area contributed by atoms with Crippen molar-refractivity contribution < 1.29 is 9.53 Å². The van der Waals surface area contributed by atoms with Crippen molar-refractivity contribution in [3.63, 3.8) is 0 Å². The van der Waals surface area contributed by atoms with Gasteiger partial charge < -0.3 is 4.74 Å². The number of hydrogen-bond donors (Lipinski definition) is 0. The monoisotopic (exact) mass is 246 g/mol. The number of halogens is 2. The minimum Gasteiger partial charge on any atom is -0.462 e. The minimum atomic E-state index is -0.354. The van der Waals surface area contributed by atoms with Crippen LogP contribution in [0.3, 0.4) is 0 Å². The Kier molecular flexibility index (Phi) is 4.43. The van der Waals surface area contributed by atoms with Crippen LogP contribution in [0.25, 0.3) is 0 Å². The van der Waals surface area contributed by atoms with Crippen molar-refractivity contribution in [2.24, 2.45) is 0 Å². The summed E-state index contributed by atoms with van der Waals surface area (Å²) < 4.78 is 4.92. The van der Waals surface area contributed by atoms with Crippen LogP contribution >= 0.6 is 23.2 Å². The van der Waals surface area contributed by atoms with E-state index in [-0.39, 0.29) is 5.97 Å². The molecule has 0 fully saturated rings. The van der Waals surface area contributed by atoms with Crippen molar-refractivity contribution >= 4 is 29.2 Å². The Morgan fingerprint density at radius 1 is 1.27 bits per heavy atom. The SMILES string of the molecule is CCOC(=O)c1cc(Cl)c(Cl)cc1CC. The molecule has 1 aromatic carbocycles. The molecule has 0 saturated carbocycles. The highest BCUT2D eigenvalue weighted by atomic mass is 35.5. The van der Waals surface area contributed by atoms with Gasteiger partial charge in [0.15, 0.2) is 0 Å². The predicted octanol–water partition coefficient (Wildman–Crippen LogP) is 3.73. The average molecular weight is 247 g/mol. The molecular weight excluding hydrogens is 235 g/mol. The Hall–Kier alpha value is -0.730. The first-order valence-electron chi connectivity index (χ1n) is 4.75. The molecule has 82 valence electrons. The van der Waals surface area contributed by atoms with Crippen molar-refractivity contribution in [2.45, 2.75) is 20.3 Å². The van der Waals surface area contributed by atoms with Crippen LogP contribution in [0.15, 0.2) is 12.1 Å². The Balaban J connectivity index is 3.15. The fraction of sp³-hybridized carbons (Fsp3) is 0.364. The molecule has 0 bridgehead atoms. The third-order valence-corrected chi connectivity index (χ3v) is 2.74. The van der Waals surface area contributed by atoms with Gasteiger partial charge in [0.1, 0.15) is 0 Å². The molecule has 0 atom stereocenters. The van der Waals surface area contributed by atoms with Gasteiger partial charge >= 0.3 is 5.97 Å². The number of hydrogen-bond acceptors (Lipinski definition) is 2. The summed E-state index contributed by atoms with van der Waals surface area (Å²) in [6.07, 6.45) is 0.713. The van der Waals surface area contributed by atoms with Crippen molar-refractivity contribution in [3.05, 3.63) is 33.3 Å². The molecule has 0 saturated heterocycles. The molecule has 0 amide bonds. The summed E-state index contributed by atoms with van der Waals surface area (Å²) >= 11 is 11.7. The second-order valence-electron chi connectivity index (χ2n) is 3.00. The maximum absolute atomic E-state index is 11.6. The maximum Gasteiger partial charge on any atom is 0.338 e. The second-order valence-corrected chi connectivity index (χ2v) is 3.81. The smallest absolute Gasteiger partial charge is 0.338 e. The molecule has 1 aromatic rings. The van der Waals surface area contributed by atoms with Crippen LogP contribution in [0.2, 0.25) is 10.0 Å². The molecule has 0 unspecified atom stereocenters. The molecule has 1 rings (SSSR count). The Morgan fingerprint density at radius 3 is 2.40 bits per heavy atom. The maximum atomic E-state index is 11.6. The lowest BCUT2D eigenvalue weighted by atomic mass is 10.1. The third-order valence-electron chi connectivity index (χ3n) is 2.02. The Labute approximate surface area is 99.1 Å². The summed E-state index contributed by atoms with van der Waals surface area (Å²) in [4.78, 5) is 11.6. The zero-order chi connectivity index (χ0) is 11.4. The van der Waals surface area contributed by atoms with E-state index < -0.39 is 0 Å². The molecule has 4 heteroatoms. The molecule has 0 radical (unpaired) electrons. The molecule has 0 aromatic heterocycles. The van der Waals surface area contributed by atoms with Crippen molar-refractivity contribution in [1.29, 1.82) is 0 Å². The number of carbonyl (C=O) groups excluding carboxylic acids is 1. The van der Waals surface area contributed by atoms with Gasteiger partial charge in [-0.05, 0) is 31.0 Å². The first-order valence-corrected chi connectivity index (χ1v) is 5.50. The highest BCUT2D eigenvalue weighted by Crippen LogP contribution is 2.26. The summed E-state index contributed by atoms with van der Waals surface area (Å²) in [5.74, 6) is -0.354. The summed E-state index contributed by atoms with van der Waals surface area (Å²) in [7, 11) is 0. The molecule has 0 heterocycles. The van der Waals surface area contributed by atoms with Gasteiger partial charge in [-0.25, -0.2) is 4.79 Å². The van der Waals surface area contributed by atoms with Gasteiger partial charge in [-0.15, -0.1) is 0 Å². The summed E-state index contributed by atoms with van der Waals surface area (Å²) in [6, 6.07) is 3.26. The van der Waals surface area contributed by atoms with Crippen molar-refractivity contribution in [2.75, 3.05) is 6.61 Å². The van der Waals surface area contributed by atoms with Crippen LogP contribution in [0.1, 0.15) is 29.8 Å². The second kappa shape index (κ2) is 5.38. The number of carbonyl (C=O) groups is 1. The molecule has 0 aliphatic heterocycles. The van der Waals surface area contributed by atoms with E-state index in [9.17, 15) is 4.79 Å². The molecule has 0 spiro atoms. The highest BCUT2D eigenvalue weighted by molar-refractivity contribution is 6.42. The Bertz CT molecular complexity index is 375. The van der Waals surface area contributed by atoms with E-state index in [2.05, 4.69) is 0 Å². The summed E-state index contributed by atoms with van der Waals surface area (Å²) in [5.41, 5.74) is 1.34. The molecule has 0 N–H and O–H groups in total. The van der Waals surface area contributed by atoms with E-state index in [0.717, 1.165) is 5.56 Å². The average Bonchev–Trinajstić information content (AvgIpc) is 2.21. The van der Waals surface area contributed by atoms with Gasteiger partial charge in [-0.2, -0.15) is 0 Å². The standard InChI is InChI=1S/C11H12Cl2O2/c1-3-7-5-9(12)10(13)6-8(7)11(14)15-4-2/h5-6H,3-4H2,1-2H3. The topological polar surface area (TPSA) is 26.3 Å². The highest BCUT2D eigenvalue weighted by Gasteiger charge is 2.14. The van der Waals surface area contributed by atoms with E-state index in [1.54, 1.807) is 19.1 Å². The molecule has 0 aliphatic carbocycles. The number of rotatable bonds is 3. The first-order chi connectivity index (χ1) is 7.10. The first kappa shape index (κ1) is 12.3. The fourth-order valence-electron chi connectivity index (χ4n) is 1.28. The van der Waals surface area contributed by atoms with Crippen LogP contribution in [0, 0.1) is 0 Å². The van der Waals surface area contributed by atoms with Gasteiger partial charge in [-0.3, -0.25) is 0 Å². The Morgan fingerprint density at radius 2 is 1.87 bits per heavy atom. The number of esters is 1. The van der Waals surface area contributed by atoms with Gasteiger partial charge in [0.2, 0.25) is 0 Å². The lowest BCUT2D eigenvalue weighted by Gasteiger charge is -2.08. The van der Waals surface area contributed by atoms with Gasteiger partial charge in [0.25, 0.3) is 0 Å². The van der Waals surface area contributed by atoms with Crippen LogP contribution in [0.4, 0.5) is 0 Å². The number of ether oxygens (including phenoxy) is 1. The van der Waals surface area contributed by atoms with Crippen molar-refractivity contribution in [1.82, 2.24) is 0 Å². The minimum absolute atomic E-state index is 0.349. The van der Waals surface area contributed by atoms with Gasteiger partial charge in [0, 0.05) is 0 Å². The van der Waals surface area contributed by atoms with E-state index in [1.165, 1.54) is 0 Å². The normalized spacial score (nSPS) is 10.1. The quantitative estimate of drug-likeness (QED) is 0.760. The van der Waals surface area contributed by atoms with Gasteiger partial charge in [-0.1, -0.05) is 30.1 Å². The molecule has 2 nitrogen and oxygen atoms in total. The number of benzene rings is 1. The summed E-state index contributed by atoms with van der Waals surface area (Å²) in [5, 5.41) is 0.832. The molecule has 0 aliphatic rings. The number of aryl methyl sites for hydroxylation is 1. The lowest BCUT2D eigenvalue weighted by molar-refractivity contribution is 0.0525. The van der Waals surface area contributed by atoms with Crippen LogP contribution in [-0.2, 0) is 11.2 Å². The van der Waals surface area contributed by atoms with Crippen LogP contribution < -0.4 is 0 Å². The van der Waals surface area contributed by atoms with E-state index in [0.29, 0.717) is 28.6 Å². The van der Waals surface area contributed by atoms with E-state index >= 15 is 0 Å². The van der Waals surface area contributed by atoms with Crippen molar-refractivity contribution in [3.8, 4) is 0 Å². The lowest BCUT2D eigenvalue weighted by Crippen LogP contribution is -2.08. The van der Waals surface area contributed by atoms with Crippen LogP contribution in [-0.4, -0.2) is 12.6 Å². The third kappa shape index (κ3) is 2.86. The summed E-state index contributed by atoms with van der Waals surface area (Å²) in [6.45, 7) is 4.06. The van der Waals surface area contributed by atoms with E-state index in [1.807, 2.05) is 6.92 Å². The van der Waals surface area contributed by atoms with Crippen LogP contribution in [0.5, 0.6) is 0 Å². The fourth-order valence-corrected chi connectivity index (χ4v) is 1.63. The largest absolute Gasteiger partial charge is 0.462 e. The zero-order valence-corrected chi connectivity index (χ0v) is 10.2. The molecule has 15 heavy (non-hydrogen) atoms. The van der Waals surface area contributed by atoms with E-state index in [4.69, 9.17) is 27.9 Å². The zero-order valence-electron chi connectivity index (χ0n) is 8.64. The predicted molar refractivity (Wildman–Crippen MR) is 61.8 cm³/mol.